The first kappa shape index (κ1) is 18.3. The maximum Gasteiger partial charge on any atom is 0.263 e. The molecule has 2 aromatic rings. The summed E-state index contributed by atoms with van der Waals surface area (Å²) >= 11 is 6.03. The minimum Gasteiger partial charge on any atom is -0.350 e. The number of aryl methyl sites for hydroxylation is 1. The third kappa shape index (κ3) is 4.49. The largest absolute Gasteiger partial charge is 0.350 e. The van der Waals surface area contributed by atoms with Crippen LogP contribution in [0.3, 0.4) is 0 Å². The zero-order valence-corrected chi connectivity index (χ0v) is 15.2. The predicted molar refractivity (Wildman–Crippen MR) is 96.0 cm³/mol. The van der Waals surface area contributed by atoms with E-state index in [0.29, 0.717) is 5.69 Å². The van der Waals surface area contributed by atoms with Gasteiger partial charge in [-0.25, -0.2) is 8.42 Å². The Hall–Kier alpha value is -2.05. The van der Waals surface area contributed by atoms with Gasteiger partial charge in [-0.1, -0.05) is 29.3 Å². The summed E-state index contributed by atoms with van der Waals surface area (Å²) in [6.07, 6.45) is 0. The van der Waals surface area contributed by atoms with E-state index in [1.54, 1.807) is 24.3 Å². The van der Waals surface area contributed by atoms with Crippen LogP contribution < -0.4 is 10.0 Å². The average molecular weight is 367 g/mol. The molecule has 1 amide bonds. The highest BCUT2D eigenvalue weighted by atomic mass is 35.5. The number of nitrogens with one attached hydrogen (secondary N) is 2. The van der Waals surface area contributed by atoms with Crippen molar-refractivity contribution in [3.05, 3.63) is 58.6 Å². The summed E-state index contributed by atoms with van der Waals surface area (Å²) in [6, 6.07) is 11.0. The fraction of sp³-hybridized carbons (Fsp3) is 0.235. The molecule has 2 aromatic carbocycles. The molecule has 0 heterocycles. The SMILES string of the molecule is Cc1ccc(NS(=O)(=O)c2cc(C(=O)NC(C)C)ccc2Cl)cc1. The lowest BCUT2D eigenvalue weighted by atomic mass is 10.2. The summed E-state index contributed by atoms with van der Waals surface area (Å²) in [7, 11) is -3.90. The summed E-state index contributed by atoms with van der Waals surface area (Å²) < 4.78 is 27.6. The number of sulfonamides is 1. The van der Waals surface area contributed by atoms with Crippen molar-refractivity contribution in [3.8, 4) is 0 Å². The first-order chi connectivity index (χ1) is 11.2. The van der Waals surface area contributed by atoms with Gasteiger partial charge in [0.1, 0.15) is 4.90 Å². The van der Waals surface area contributed by atoms with Crippen LogP contribution in [0.15, 0.2) is 47.4 Å². The molecule has 0 spiro atoms. The van der Waals surface area contributed by atoms with E-state index in [9.17, 15) is 13.2 Å². The molecule has 0 aliphatic heterocycles. The van der Waals surface area contributed by atoms with Gasteiger partial charge in [0.05, 0.1) is 5.02 Å². The Labute approximate surface area is 147 Å². The van der Waals surface area contributed by atoms with Gasteiger partial charge in [-0.3, -0.25) is 9.52 Å². The molecule has 2 N–H and O–H groups in total. The molecule has 5 nitrogen and oxygen atoms in total. The van der Waals surface area contributed by atoms with Gasteiger partial charge in [-0.05, 0) is 51.1 Å². The van der Waals surface area contributed by atoms with Gasteiger partial charge in [0, 0.05) is 17.3 Å². The average Bonchev–Trinajstić information content (AvgIpc) is 2.49. The van der Waals surface area contributed by atoms with Gasteiger partial charge < -0.3 is 5.32 Å². The topological polar surface area (TPSA) is 75.3 Å². The van der Waals surface area contributed by atoms with Crippen LogP contribution in [0, 0.1) is 6.92 Å². The Morgan fingerprint density at radius 2 is 1.71 bits per heavy atom. The van der Waals surface area contributed by atoms with E-state index in [1.165, 1.54) is 18.2 Å². The molecule has 24 heavy (non-hydrogen) atoms. The number of anilines is 1. The van der Waals surface area contributed by atoms with Gasteiger partial charge in [-0.2, -0.15) is 0 Å². The van der Waals surface area contributed by atoms with Crippen molar-refractivity contribution in [1.29, 1.82) is 0 Å². The molecular formula is C17H19ClN2O3S. The van der Waals surface area contributed by atoms with Crippen molar-refractivity contribution in [2.24, 2.45) is 0 Å². The van der Waals surface area contributed by atoms with E-state index in [2.05, 4.69) is 10.0 Å². The number of hydrogen-bond donors (Lipinski definition) is 2. The van der Waals surface area contributed by atoms with Gasteiger partial charge in [-0.15, -0.1) is 0 Å². The van der Waals surface area contributed by atoms with Crippen LogP contribution in [0.5, 0.6) is 0 Å². The maximum absolute atomic E-state index is 12.6. The number of benzene rings is 2. The summed E-state index contributed by atoms with van der Waals surface area (Å²) in [5.41, 5.74) is 1.68. The normalized spacial score (nSPS) is 11.4. The highest BCUT2D eigenvalue weighted by molar-refractivity contribution is 7.92. The van der Waals surface area contributed by atoms with Crippen LogP contribution in [-0.2, 0) is 10.0 Å². The van der Waals surface area contributed by atoms with Gasteiger partial charge in [0.15, 0.2) is 0 Å². The molecule has 0 radical (unpaired) electrons. The third-order valence-electron chi connectivity index (χ3n) is 3.21. The first-order valence-corrected chi connectivity index (χ1v) is 9.25. The van der Waals surface area contributed by atoms with Crippen molar-refractivity contribution in [2.75, 3.05) is 4.72 Å². The minimum atomic E-state index is -3.90. The summed E-state index contributed by atoms with van der Waals surface area (Å²) in [5.74, 6) is -0.353. The van der Waals surface area contributed by atoms with E-state index in [0.717, 1.165) is 5.56 Å². The minimum absolute atomic E-state index is 0.0516. The lowest BCUT2D eigenvalue weighted by Gasteiger charge is -2.12. The Balaban J connectivity index is 2.35. The van der Waals surface area contributed by atoms with Crippen LogP contribution >= 0.6 is 11.6 Å². The zero-order valence-electron chi connectivity index (χ0n) is 13.6. The van der Waals surface area contributed by atoms with E-state index < -0.39 is 10.0 Å². The second-order valence-corrected chi connectivity index (χ2v) is 7.80. The van der Waals surface area contributed by atoms with Gasteiger partial charge in [0.25, 0.3) is 15.9 Å². The number of halogens is 1. The van der Waals surface area contributed by atoms with E-state index in [1.807, 2.05) is 20.8 Å². The number of rotatable bonds is 5. The maximum atomic E-state index is 12.6. The second kappa shape index (κ2) is 7.23. The summed E-state index contributed by atoms with van der Waals surface area (Å²) in [6.45, 7) is 5.56. The molecule has 0 unspecified atom stereocenters. The van der Waals surface area contributed by atoms with Crippen LogP contribution in [-0.4, -0.2) is 20.4 Å². The Kier molecular flexibility index (Phi) is 5.51. The Morgan fingerprint density at radius 1 is 1.08 bits per heavy atom. The highest BCUT2D eigenvalue weighted by Crippen LogP contribution is 2.25. The molecule has 0 bridgehead atoms. The molecule has 2 rings (SSSR count). The first-order valence-electron chi connectivity index (χ1n) is 7.39. The fourth-order valence-electron chi connectivity index (χ4n) is 2.03. The van der Waals surface area contributed by atoms with Crippen LogP contribution in [0.1, 0.15) is 29.8 Å². The standard InChI is InChI=1S/C17H19ClN2O3S/c1-11(2)19-17(21)13-6-9-15(18)16(10-13)24(22,23)20-14-7-4-12(3)5-8-14/h4-11,20H,1-3H3,(H,19,21). The number of carbonyl (C=O) groups is 1. The number of carbonyl (C=O) groups excluding carboxylic acids is 1. The molecule has 0 aliphatic carbocycles. The van der Waals surface area contributed by atoms with Gasteiger partial charge >= 0.3 is 0 Å². The molecule has 7 heteroatoms. The molecule has 0 saturated heterocycles. The highest BCUT2D eigenvalue weighted by Gasteiger charge is 2.20. The molecule has 0 fully saturated rings. The number of amides is 1. The molecule has 128 valence electrons. The monoisotopic (exact) mass is 366 g/mol. The van der Waals surface area contributed by atoms with Crippen molar-refractivity contribution in [2.45, 2.75) is 31.7 Å². The van der Waals surface area contributed by atoms with Crippen LogP contribution in [0.4, 0.5) is 5.69 Å². The Morgan fingerprint density at radius 3 is 2.29 bits per heavy atom. The zero-order chi connectivity index (χ0) is 17.9. The molecular weight excluding hydrogens is 348 g/mol. The number of hydrogen-bond acceptors (Lipinski definition) is 3. The predicted octanol–water partition coefficient (Wildman–Crippen LogP) is 3.59. The molecule has 0 atom stereocenters. The quantitative estimate of drug-likeness (QED) is 0.849. The van der Waals surface area contributed by atoms with Crippen molar-refractivity contribution >= 4 is 33.2 Å². The van der Waals surface area contributed by atoms with Crippen molar-refractivity contribution in [1.82, 2.24) is 5.32 Å². The summed E-state index contributed by atoms with van der Waals surface area (Å²) in [4.78, 5) is 11.9. The lowest BCUT2D eigenvalue weighted by Crippen LogP contribution is -2.30. The van der Waals surface area contributed by atoms with Gasteiger partial charge in [0.2, 0.25) is 0 Å². The van der Waals surface area contributed by atoms with Crippen molar-refractivity contribution in [3.63, 3.8) is 0 Å². The van der Waals surface area contributed by atoms with Crippen LogP contribution in [0.2, 0.25) is 5.02 Å². The van der Waals surface area contributed by atoms with E-state index >= 15 is 0 Å². The molecule has 0 saturated carbocycles. The Bertz CT molecular complexity index is 847. The van der Waals surface area contributed by atoms with E-state index in [4.69, 9.17) is 11.6 Å². The second-order valence-electron chi connectivity index (χ2n) is 5.74. The molecule has 0 aliphatic rings. The van der Waals surface area contributed by atoms with Crippen LogP contribution in [0.25, 0.3) is 0 Å². The smallest absolute Gasteiger partial charge is 0.263 e. The van der Waals surface area contributed by atoms with Crippen molar-refractivity contribution < 1.29 is 13.2 Å². The fourth-order valence-corrected chi connectivity index (χ4v) is 3.61. The third-order valence-corrected chi connectivity index (χ3v) is 5.07. The lowest BCUT2D eigenvalue weighted by molar-refractivity contribution is 0.0943. The molecule has 0 aromatic heterocycles. The summed E-state index contributed by atoms with van der Waals surface area (Å²) in [5, 5.41) is 2.77. The van der Waals surface area contributed by atoms with E-state index in [-0.39, 0.29) is 27.4 Å².